The molecule has 0 bridgehead atoms. The van der Waals surface area contributed by atoms with E-state index in [0.717, 1.165) is 61.4 Å². The third-order valence-corrected chi connectivity index (χ3v) is 5.70. The number of aromatic nitrogens is 1. The van der Waals surface area contributed by atoms with Crippen molar-refractivity contribution in [2.24, 2.45) is 17.8 Å². The second-order valence-corrected chi connectivity index (χ2v) is 7.57. The minimum atomic E-state index is 0.582. The van der Waals surface area contributed by atoms with Gasteiger partial charge in [-0.25, -0.2) is 4.98 Å². The van der Waals surface area contributed by atoms with Crippen molar-refractivity contribution in [2.45, 2.75) is 32.6 Å². The van der Waals surface area contributed by atoms with Gasteiger partial charge < -0.3 is 20.3 Å². The third-order valence-electron chi connectivity index (χ3n) is 5.70. The molecule has 1 aromatic rings. The van der Waals surface area contributed by atoms with E-state index in [1.165, 1.54) is 6.42 Å². The molecule has 1 saturated heterocycles. The lowest BCUT2D eigenvalue weighted by molar-refractivity contribution is -0.109. The molecule has 1 aliphatic carbocycles. The standard InChI is InChI=1S/C20H29N5O2/c1-15-10-18(23-6-5-22-14-26)12-24-20(15)27-9-4-17-11-19(17)16-2-7-25(13-21)8-3-16/h10,12,14,16-17,19,23H,2-9,11H2,1H3,(H,22,26)/t17-,19-/m1/s1. The number of nitriles is 1. The van der Waals surface area contributed by atoms with E-state index in [-0.39, 0.29) is 0 Å². The van der Waals surface area contributed by atoms with Crippen LogP contribution in [0.25, 0.3) is 0 Å². The van der Waals surface area contributed by atoms with Crippen molar-refractivity contribution in [3.05, 3.63) is 17.8 Å². The van der Waals surface area contributed by atoms with Gasteiger partial charge in [0.15, 0.2) is 6.19 Å². The molecule has 1 aromatic heterocycles. The van der Waals surface area contributed by atoms with Crippen LogP contribution in [0.2, 0.25) is 0 Å². The summed E-state index contributed by atoms with van der Waals surface area (Å²) in [5, 5.41) is 14.8. The molecule has 0 aromatic carbocycles. The van der Waals surface area contributed by atoms with Crippen molar-refractivity contribution in [3.63, 3.8) is 0 Å². The van der Waals surface area contributed by atoms with Crippen LogP contribution >= 0.6 is 0 Å². The number of likely N-dealkylation sites (tertiary alicyclic amines) is 1. The van der Waals surface area contributed by atoms with Gasteiger partial charge in [0.25, 0.3) is 0 Å². The Morgan fingerprint density at radius 3 is 2.93 bits per heavy atom. The number of pyridine rings is 1. The highest BCUT2D eigenvalue weighted by atomic mass is 16.5. The molecule has 146 valence electrons. The van der Waals surface area contributed by atoms with Gasteiger partial charge in [-0.2, -0.15) is 5.26 Å². The number of amides is 1. The molecule has 0 radical (unpaired) electrons. The van der Waals surface area contributed by atoms with Crippen LogP contribution in [-0.4, -0.2) is 49.1 Å². The largest absolute Gasteiger partial charge is 0.477 e. The molecular formula is C20H29N5O2. The van der Waals surface area contributed by atoms with Crippen LogP contribution in [0.4, 0.5) is 5.69 Å². The monoisotopic (exact) mass is 371 g/mol. The van der Waals surface area contributed by atoms with E-state index in [2.05, 4.69) is 21.8 Å². The summed E-state index contributed by atoms with van der Waals surface area (Å²) >= 11 is 0. The molecule has 1 aliphatic heterocycles. The molecule has 27 heavy (non-hydrogen) atoms. The fourth-order valence-electron chi connectivity index (χ4n) is 4.06. The van der Waals surface area contributed by atoms with Gasteiger partial charge in [-0.05, 0) is 56.4 Å². The Morgan fingerprint density at radius 1 is 1.41 bits per heavy atom. The maximum Gasteiger partial charge on any atom is 0.216 e. The van der Waals surface area contributed by atoms with Gasteiger partial charge in [-0.1, -0.05) is 0 Å². The summed E-state index contributed by atoms with van der Waals surface area (Å²) in [5.74, 6) is 3.09. The van der Waals surface area contributed by atoms with Crippen LogP contribution < -0.4 is 15.4 Å². The number of ether oxygens (including phenoxy) is 1. The fourth-order valence-corrected chi connectivity index (χ4v) is 4.06. The van der Waals surface area contributed by atoms with Gasteiger partial charge in [0, 0.05) is 31.7 Å². The zero-order chi connectivity index (χ0) is 19.1. The first-order valence-electron chi connectivity index (χ1n) is 9.86. The Balaban J connectivity index is 1.35. The highest BCUT2D eigenvalue weighted by molar-refractivity contribution is 5.47. The van der Waals surface area contributed by atoms with Crippen molar-refractivity contribution >= 4 is 12.1 Å². The summed E-state index contributed by atoms with van der Waals surface area (Å²) in [6.45, 7) is 5.81. The van der Waals surface area contributed by atoms with E-state index < -0.39 is 0 Å². The highest BCUT2D eigenvalue weighted by Gasteiger charge is 2.43. The lowest BCUT2D eigenvalue weighted by Gasteiger charge is -2.28. The zero-order valence-electron chi connectivity index (χ0n) is 16.0. The lowest BCUT2D eigenvalue weighted by atomic mass is 9.91. The van der Waals surface area contributed by atoms with E-state index in [1.807, 2.05) is 17.9 Å². The second-order valence-electron chi connectivity index (χ2n) is 7.57. The maximum absolute atomic E-state index is 10.2. The number of piperidine rings is 1. The molecule has 7 heteroatoms. The van der Waals surface area contributed by atoms with Gasteiger partial charge in [-0.15, -0.1) is 0 Å². The molecule has 1 amide bonds. The Hall–Kier alpha value is -2.49. The van der Waals surface area contributed by atoms with E-state index in [4.69, 9.17) is 10.00 Å². The molecule has 3 rings (SSSR count). The number of nitrogens with zero attached hydrogens (tertiary/aromatic N) is 3. The Labute approximate surface area is 161 Å². The molecule has 1 saturated carbocycles. The summed E-state index contributed by atoms with van der Waals surface area (Å²) in [5.41, 5.74) is 1.94. The molecule has 2 aliphatic rings. The predicted octanol–water partition coefficient (Wildman–Crippen LogP) is 2.15. The summed E-state index contributed by atoms with van der Waals surface area (Å²) < 4.78 is 5.91. The van der Waals surface area contributed by atoms with Crippen LogP contribution in [-0.2, 0) is 4.79 Å². The summed E-state index contributed by atoms with van der Waals surface area (Å²) in [6.07, 6.45) is 9.44. The summed E-state index contributed by atoms with van der Waals surface area (Å²) in [6, 6.07) is 2.02. The number of aryl methyl sites for hydroxylation is 1. The van der Waals surface area contributed by atoms with Crippen LogP contribution in [0.1, 0.15) is 31.2 Å². The number of nitrogens with one attached hydrogen (secondary N) is 2. The number of carbonyl (C=O) groups excluding carboxylic acids is 1. The first-order valence-corrected chi connectivity index (χ1v) is 9.86. The Bertz CT molecular complexity index is 667. The fraction of sp³-hybridized carbons (Fsp3) is 0.650. The van der Waals surface area contributed by atoms with E-state index in [0.29, 0.717) is 32.0 Å². The van der Waals surface area contributed by atoms with Crippen LogP contribution in [0, 0.1) is 36.1 Å². The van der Waals surface area contributed by atoms with Crippen molar-refractivity contribution in [1.29, 1.82) is 5.26 Å². The summed E-state index contributed by atoms with van der Waals surface area (Å²) in [7, 11) is 0. The minimum Gasteiger partial charge on any atom is -0.477 e. The second kappa shape index (κ2) is 9.45. The average molecular weight is 371 g/mol. The molecule has 0 spiro atoms. The molecule has 7 nitrogen and oxygen atoms in total. The van der Waals surface area contributed by atoms with Crippen LogP contribution in [0.5, 0.6) is 5.88 Å². The highest BCUT2D eigenvalue weighted by Crippen LogP contribution is 2.49. The molecular weight excluding hydrogens is 342 g/mol. The van der Waals surface area contributed by atoms with Gasteiger partial charge in [0.2, 0.25) is 12.3 Å². The summed E-state index contributed by atoms with van der Waals surface area (Å²) in [4.78, 5) is 16.5. The molecule has 2 fully saturated rings. The number of hydrogen-bond donors (Lipinski definition) is 2. The number of rotatable bonds is 10. The van der Waals surface area contributed by atoms with E-state index in [9.17, 15) is 4.79 Å². The van der Waals surface area contributed by atoms with Gasteiger partial charge >= 0.3 is 0 Å². The lowest BCUT2D eigenvalue weighted by Crippen LogP contribution is -2.30. The van der Waals surface area contributed by atoms with Crippen molar-refractivity contribution in [2.75, 3.05) is 38.1 Å². The SMILES string of the molecule is Cc1cc(NCCNC=O)cnc1OCC[C@@H]1C[C@@H]1C1CCN(C#N)CC1. The predicted molar refractivity (Wildman–Crippen MR) is 103 cm³/mol. The van der Waals surface area contributed by atoms with Crippen molar-refractivity contribution in [3.8, 4) is 12.1 Å². The average Bonchev–Trinajstić information content (AvgIpc) is 3.46. The Kier molecular flexibility index (Phi) is 6.74. The number of carbonyl (C=O) groups is 1. The molecule has 2 N–H and O–H groups in total. The van der Waals surface area contributed by atoms with Gasteiger partial charge in [0.05, 0.1) is 18.5 Å². The number of anilines is 1. The number of hydrogen-bond acceptors (Lipinski definition) is 6. The first-order chi connectivity index (χ1) is 13.2. The normalized spacial score (nSPS) is 22.0. The van der Waals surface area contributed by atoms with Crippen molar-refractivity contribution in [1.82, 2.24) is 15.2 Å². The quantitative estimate of drug-likeness (QED) is 0.372. The maximum atomic E-state index is 10.2. The van der Waals surface area contributed by atoms with Crippen LogP contribution in [0.15, 0.2) is 12.3 Å². The molecule has 2 heterocycles. The molecule has 0 unspecified atom stereocenters. The third kappa shape index (κ3) is 5.49. The van der Waals surface area contributed by atoms with E-state index >= 15 is 0 Å². The van der Waals surface area contributed by atoms with Crippen molar-refractivity contribution < 1.29 is 9.53 Å². The van der Waals surface area contributed by atoms with Gasteiger partial charge in [-0.3, -0.25) is 4.79 Å². The minimum absolute atomic E-state index is 0.582. The van der Waals surface area contributed by atoms with Crippen LogP contribution in [0.3, 0.4) is 0 Å². The van der Waals surface area contributed by atoms with Gasteiger partial charge in [0.1, 0.15) is 0 Å². The van der Waals surface area contributed by atoms with E-state index in [1.54, 1.807) is 6.20 Å². The Morgan fingerprint density at radius 2 is 2.22 bits per heavy atom. The zero-order valence-corrected chi connectivity index (χ0v) is 16.0. The topological polar surface area (TPSA) is 90.3 Å². The first kappa shape index (κ1) is 19.3. The molecule has 2 atom stereocenters. The smallest absolute Gasteiger partial charge is 0.216 e.